The summed E-state index contributed by atoms with van der Waals surface area (Å²) in [5, 5.41) is 17.7. The number of nitrogens with two attached hydrogens (primary N) is 1. The molecule has 46 heavy (non-hydrogen) atoms. The van der Waals surface area contributed by atoms with Crippen molar-refractivity contribution in [2.75, 3.05) is 49.6 Å². The number of hydrogen-bond donors (Lipinski definition) is 2. The number of rotatable bonds is 11. The molecule has 1 aliphatic heterocycles. The van der Waals surface area contributed by atoms with Gasteiger partial charge in [-0.05, 0) is 81.5 Å². The first-order chi connectivity index (χ1) is 22.1. The number of hydrogen-bond acceptors (Lipinski definition) is 8. The van der Waals surface area contributed by atoms with Crippen molar-refractivity contribution >= 4 is 29.6 Å². The zero-order chi connectivity index (χ0) is 33.6. The number of nitrogens with zero attached hydrogens (tertiary/aromatic N) is 6. The second-order valence-electron chi connectivity index (χ2n) is 11.5. The minimum absolute atomic E-state index is 0.0109. The zero-order valence-corrected chi connectivity index (χ0v) is 27.7. The topological polar surface area (TPSA) is 135 Å². The fraction of sp³-hybridized carbons (Fsp3) is 0.457. The van der Waals surface area contributed by atoms with Crippen LogP contribution in [-0.4, -0.2) is 66.9 Å². The number of halogens is 1. The van der Waals surface area contributed by atoms with E-state index in [-0.39, 0.29) is 23.6 Å². The third-order valence-electron chi connectivity index (χ3n) is 8.18. The number of carbonyl (C=O) groups is 1. The first kappa shape index (κ1) is 35.9. The fourth-order valence-corrected chi connectivity index (χ4v) is 5.55. The zero-order valence-electron chi connectivity index (χ0n) is 27.7. The molecule has 2 heterocycles. The molecule has 0 spiro atoms. The van der Waals surface area contributed by atoms with Crippen LogP contribution >= 0.6 is 0 Å². The molecule has 10 nitrogen and oxygen atoms in total. The molecule has 2 atom stereocenters. The van der Waals surface area contributed by atoms with Crippen molar-refractivity contribution in [2.24, 2.45) is 17.6 Å². The Labute approximate surface area is 272 Å². The van der Waals surface area contributed by atoms with E-state index in [1.165, 1.54) is 25.4 Å². The maximum atomic E-state index is 14.4. The average Bonchev–Trinajstić information content (AvgIpc) is 3.16. The number of amides is 1. The van der Waals surface area contributed by atoms with E-state index in [4.69, 9.17) is 20.1 Å². The molecule has 1 amide bonds. The number of benzene rings is 1. The van der Waals surface area contributed by atoms with E-state index >= 15 is 0 Å². The summed E-state index contributed by atoms with van der Waals surface area (Å²) < 4.78 is 20.3. The summed E-state index contributed by atoms with van der Waals surface area (Å²) in [6.45, 7) is 11.9. The summed E-state index contributed by atoms with van der Waals surface area (Å²) in [5.41, 5.74) is 8.41. The van der Waals surface area contributed by atoms with Crippen molar-refractivity contribution in [1.82, 2.24) is 14.9 Å². The molecular weight excluding hydrogens is 583 g/mol. The Morgan fingerprint density at radius 1 is 1.24 bits per heavy atom. The molecule has 246 valence electrons. The lowest BCUT2D eigenvalue weighted by Gasteiger charge is -2.29. The summed E-state index contributed by atoms with van der Waals surface area (Å²) in [6.07, 6.45) is 13.5. The molecule has 2 bridgehead atoms. The highest BCUT2D eigenvalue weighted by atomic mass is 19.1. The van der Waals surface area contributed by atoms with Gasteiger partial charge in [0.05, 0.1) is 47.8 Å². The highest BCUT2D eigenvalue weighted by Crippen LogP contribution is 2.34. The van der Waals surface area contributed by atoms with Crippen LogP contribution in [0.5, 0.6) is 0 Å². The summed E-state index contributed by atoms with van der Waals surface area (Å²) in [4.78, 5) is 25.2. The predicted octanol–water partition coefficient (Wildman–Crippen LogP) is 5.95. The minimum atomic E-state index is -0.333. The number of nitriles is 1. The molecule has 0 radical (unpaired) electrons. The summed E-state index contributed by atoms with van der Waals surface area (Å²) in [6, 6.07) is 7.58. The highest BCUT2D eigenvalue weighted by molar-refractivity contribution is 5.87. The molecule has 2 aromatic rings. The smallest absolute Gasteiger partial charge is 0.235 e. The van der Waals surface area contributed by atoms with E-state index in [9.17, 15) is 14.4 Å². The second kappa shape index (κ2) is 17.8. The number of fused-ring (bicyclic) bond motifs is 1. The molecule has 0 saturated carbocycles. The van der Waals surface area contributed by atoms with Crippen LogP contribution < -0.4 is 15.5 Å². The van der Waals surface area contributed by atoms with Crippen LogP contribution in [0, 0.1) is 35.5 Å². The van der Waals surface area contributed by atoms with Crippen molar-refractivity contribution in [3.63, 3.8) is 0 Å². The number of nitrogens with one attached hydrogen (secondary N) is 1. The van der Waals surface area contributed by atoms with Gasteiger partial charge in [0.1, 0.15) is 11.6 Å². The minimum Gasteiger partial charge on any atom is -0.494 e. The van der Waals surface area contributed by atoms with Gasteiger partial charge in [-0.15, -0.1) is 0 Å². The maximum Gasteiger partial charge on any atom is 0.235 e. The molecule has 1 aliphatic carbocycles. The van der Waals surface area contributed by atoms with Crippen LogP contribution in [0.4, 0.5) is 21.7 Å². The van der Waals surface area contributed by atoms with Gasteiger partial charge >= 0.3 is 0 Å². The van der Waals surface area contributed by atoms with Crippen LogP contribution in [0.2, 0.25) is 0 Å². The van der Waals surface area contributed by atoms with E-state index in [1.54, 1.807) is 17.0 Å². The average molecular weight is 631 g/mol. The van der Waals surface area contributed by atoms with Gasteiger partial charge in [-0.2, -0.15) is 5.26 Å². The molecule has 11 heteroatoms. The molecule has 4 rings (SSSR count). The Bertz CT molecular complexity index is 1470. The fourth-order valence-electron chi connectivity index (χ4n) is 5.55. The molecule has 1 unspecified atom stereocenters. The van der Waals surface area contributed by atoms with Crippen LogP contribution in [0.15, 0.2) is 60.3 Å². The van der Waals surface area contributed by atoms with Crippen LogP contribution in [0.25, 0.3) is 0 Å². The highest BCUT2D eigenvalue weighted by Gasteiger charge is 2.26. The van der Waals surface area contributed by atoms with Crippen molar-refractivity contribution in [3.8, 4) is 6.07 Å². The van der Waals surface area contributed by atoms with Gasteiger partial charge in [0.15, 0.2) is 0 Å². The third kappa shape index (κ3) is 10.2. The molecule has 3 N–H and O–H groups in total. The Morgan fingerprint density at radius 3 is 2.65 bits per heavy atom. The van der Waals surface area contributed by atoms with E-state index in [0.29, 0.717) is 36.0 Å². The first-order valence-corrected chi connectivity index (χ1v) is 15.9. The molecule has 0 saturated heterocycles. The lowest BCUT2D eigenvalue weighted by Crippen LogP contribution is -2.34. The Balaban J connectivity index is 0.00000136. The number of likely N-dealkylation sites (N-methyl/N-ethyl adjacent to an activating group) is 2. The molecule has 1 aromatic heterocycles. The number of primary amides is 1. The first-order valence-electron chi connectivity index (χ1n) is 15.9. The van der Waals surface area contributed by atoms with Gasteiger partial charge in [0.2, 0.25) is 11.9 Å². The second-order valence-corrected chi connectivity index (χ2v) is 11.5. The normalized spacial score (nSPS) is 17.3. The van der Waals surface area contributed by atoms with Gasteiger partial charge in [0.25, 0.3) is 0 Å². The van der Waals surface area contributed by atoms with Gasteiger partial charge in [-0.1, -0.05) is 26.0 Å². The third-order valence-corrected chi connectivity index (χ3v) is 8.18. The lowest BCUT2D eigenvalue weighted by atomic mass is 9.83. The number of anilines is 3. The van der Waals surface area contributed by atoms with Crippen LogP contribution in [0.3, 0.4) is 0 Å². The van der Waals surface area contributed by atoms with Gasteiger partial charge in [-0.25, -0.2) is 14.4 Å². The van der Waals surface area contributed by atoms with Crippen molar-refractivity contribution in [3.05, 3.63) is 77.1 Å². The van der Waals surface area contributed by atoms with Crippen LogP contribution in [0.1, 0.15) is 56.9 Å². The SMILES string of the molecule is CC(N)=O.CCN(CC)CCN(C)c1cnc(N(C=N)c2cc(C#N)ccc2C)nc1C[C@@H]1CCCCOC2=CC1C=CC(F)=C2. The van der Waals surface area contributed by atoms with Crippen LogP contribution in [-0.2, 0) is 16.0 Å². The largest absolute Gasteiger partial charge is 0.494 e. The molecule has 2 aliphatic rings. The summed E-state index contributed by atoms with van der Waals surface area (Å²) in [7, 11) is 2.07. The Morgan fingerprint density at radius 2 is 1.98 bits per heavy atom. The number of aryl methyl sites for hydroxylation is 1. The van der Waals surface area contributed by atoms with Crippen molar-refractivity contribution in [1.29, 1.82) is 10.7 Å². The number of aromatic nitrogens is 2. The molecule has 1 aromatic carbocycles. The van der Waals surface area contributed by atoms with Gasteiger partial charge in [-0.3, -0.25) is 15.1 Å². The lowest BCUT2D eigenvalue weighted by molar-refractivity contribution is -0.115. The van der Waals surface area contributed by atoms with E-state index < -0.39 is 0 Å². The number of carbonyl (C=O) groups excluding carboxylic acids is 1. The predicted molar refractivity (Wildman–Crippen MR) is 182 cm³/mol. The summed E-state index contributed by atoms with van der Waals surface area (Å²) in [5.74, 6) is 0.485. The van der Waals surface area contributed by atoms with Crippen molar-refractivity contribution < 1.29 is 13.9 Å². The van der Waals surface area contributed by atoms with E-state index in [2.05, 4.69) is 42.5 Å². The molecular formula is C35H47FN8O2. The standard InChI is InChI=1S/C33H42FN7O.C2H5NO/c1-5-40(6-2)15-14-39(4)32-22-37-33(41(23-36)31-17-25(21-35)11-10-24(31)3)38-30(32)19-26-9-7-8-16-42-29-18-27(26)12-13-28(34)20-29;1-2(3)4/h10-13,17-18,20,22-23,26-27,36H,5-9,14-16,19H2,1-4H3;1H3,(H2,3,4)/t26-,27?;/m0./s1. The Kier molecular flexibility index (Phi) is 13.9. The Hall–Kier alpha value is -4.56. The van der Waals surface area contributed by atoms with Gasteiger partial charge in [0, 0.05) is 39.1 Å². The maximum absolute atomic E-state index is 14.4. The molecule has 0 fully saturated rings. The van der Waals surface area contributed by atoms with E-state index in [1.807, 2.05) is 31.3 Å². The van der Waals surface area contributed by atoms with Gasteiger partial charge < -0.3 is 20.3 Å². The van der Waals surface area contributed by atoms with E-state index in [0.717, 1.165) is 62.4 Å². The summed E-state index contributed by atoms with van der Waals surface area (Å²) >= 11 is 0. The monoisotopic (exact) mass is 630 g/mol. The quantitative estimate of drug-likeness (QED) is 0.230. The number of ether oxygens (including phenoxy) is 1. The van der Waals surface area contributed by atoms with Crippen molar-refractivity contribution in [2.45, 2.75) is 53.4 Å². The number of allylic oxidation sites excluding steroid dienone is 5.